The van der Waals surface area contributed by atoms with Crippen LogP contribution >= 0.6 is 0 Å². The van der Waals surface area contributed by atoms with Gasteiger partial charge in [-0.25, -0.2) is 0 Å². The zero-order valence-corrected chi connectivity index (χ0v) is 18.1. The summed E-state index contributed by atoms with van der Waals surface area (Å²) in [6, 6.07) is 5.63. The summed E-state index contributed by atoms with van der Waals surface area (Å²) in [6.07, 6.45) is -0.144. The van der Waals surface area contributed by atoms with Crippen molar-refractivity contribution in [1.82, 2.24) is 0 Å². The Labute approximate surface area is 147 Å². The number of hydrogen-bond acceptors (Lipinski definition) is 5. The van der Waals surface area contributed by atoms with Gasteiger partial charge >= 0.3 is 5.97 Å². The van der Waals surface area contributed by atoms with Crippen molar-refractivity contribution >= 4 is 22.6 Å². The monoisotopic (exact) mass is 370 g/mol. The lowest BCUT2D eigenvalue weighted by Crippen LogP contribution is -2.42. The molecule has 0 aliphatic rings. The van der Waals surface area contributed by atoms with Crippen molar-refractivity contribution < 1.29 is 23.1 Å². The van der Waals surface area contributed by atoms with Gasteiger partial charge in [-0.05, 0) is 57.0 Å². The largest absolute Gasteiger partial charge is 0.518 e. The van der Waals surface area contributed by atoms with E-state index < -0.39 is 22.7 Å². The molecule has 0 saturated heterocycles. The summed E-state index contributed by atoms with van der Waals surface area (Å²) in [6.45, 7) is 12.2. The first-order chi connectivity index (χ1) is 10.9. The van der Waals surface area contributed by atoms with Gasteiger partial charge in [0.25, 0.3) is 0 Å². The number of methoxy groups -OCH3 is 2. The van der Waals surface area contributed by atoms with E-state index in [0.717, 1.165) is 5.56 Å². The fourth-order valence-electron chi connectivity index (χ4n) is 2.19. The molecule has 0 aromatic heterocycles. The standard InChI is InChI=1S/C17H30O5Si2/c1-19-14-10-9-13(11-15(14)20-2)12-16(21-23(3,4)5)17(18)22-24(6,7)8/h9-11,16H,12H2,1-8H3. The molecule has 5 nitrogen and oxygen atoms in total. The van der Waals surface area contributed by atoms with Crippen molar-refractivity contribution in [3.8, 4) is 11.5 Å². The summed E-state index contributed by atoms with van der Waals surface area (Å²) in [5.41, 5.74) is 0.948. The van der Waals surface area contributed by atoms with E-state index >= 15 is 0 Å². The Morgan fingerprint density at radius 2 is 1.54 bits per heavy atom. The van der Waals surface area contributed by atoms with Crippen LogP contribution in [0.4, 0.5) is 0 Å². The molecule has 0 amide bonds. The molecule has 0 aliphatic carbocycles. The minimum atomic E-state index is -1.97. The zero-order chi connectivity index (χ0) is 18.5. The fraction of sp³-hybridized carbons (Fsp3) is 0.588. The third-order valence-corrected chi connectivity index (χ3v) is 4.84. The second-order valence-electron chi connectivity index (χ2n) is 7.65. The third-order valence-electron chi connectivity index (χ3n) is 3.03. The van der Waals surface area contributed by atoms with Crippen molar-refractivity contribution in [2.75, 3.05) is 14.2 Å². The Hall–Kier alpha value is -1.32. The quantitative estimate of drug-likeness (QED) is 0.651. The molecule has 1 rings (SSSR count). The van der Waals surface area contributed by atoms with Crippen LogP contribution in [-0.2, 0) is 20.1 Å². The van der Waals surface area contributed by atoms with Crippen LogP contribution in [0.1, 0.15) is 5.56 Å². The second-order valence-corrected chi connectivity index (χ2v) is 16.5. The molecule has 0 N–H and O–H groups in total. The molecule has 0 saturated carbocycles. The van der Waals surface area contributed by atoms with Gasteiger partial charge in [-0.1, -0.05) is 6.07 Å². The molecule has 136 valence electrons. The number of hydrogen-bond donors (Lipinski definition) is 0. The summed E-state index contributed by atoms with van der Waals surface area (Å²) < 4.78 is 22.3. The summed E-state index contributed by atoms with van der Waals surface area (Å²) in [5, 5.41) is 0. The lowest BCUT2D eigenvalue weighted by Gasteiger charge is -2.28. The molecule has 0 aliphatic heterocycles. The van der Waals surface area contributed by atoms with Crippen molar-refractivity contribution in [3.63, 3.8) is 0 Å². The van der Waals surface area contributed by atoms with Crippen LogP contribution in [0.2, 0.25) is 39.3 Å². The molecule has 1 unspecified atom stereocenters. The third kappa shape index (κ3) is 7.06. The van der Waals surface area contributed by atoms with Gasteiger partial charge in [0.15, 0.2) is 19.8 Å². The highest BCUT2D eigenvalue weighted by atomic mass is 28.4. The van der Waals surface area contributed by atoms with E-state index in [0.29, 0.717) is 17.9 Å². The maximum absolute atomic E-state index is 12.6. The van der Waals surface area contributed by atoms with E-state index in [1.807, 2.05) is 37.8 Å². The number of carbonyl (C=O) groups excluding carboxylic acids is 1. The minimum Gasteiger partial charge on any atom is -0.518 e. The number of rotatable bonds is 8. The lowest BCUT2D eigenvalue weighted by molar-refractivity contribution is -0.143. The van der Waals surface area contributed by atoms with Gasteiger partial charge in [-0.15, -0.1) is 0 Å². The average molecular weight is 371 g/mol. The van der Waals surface area contributed by atoms with Crippen molar-refractivity contribution in [2.24, 2.45) is 0 Å². The normalized spacial score (nSPS) is 13.3. The van der Waals surface area contributed by atoms with Gasteiger partial charge in [0.05, 0.1) is 14.2 Å². The van der Waals surface area contributed by atoms with E-state index in [9.17, 15) is 4.79 Å². The first-order valence-electron chi connectivity index (χ1n) is 8.07. The summed E-state index contributed by atoms with van der Waals surface area (Å²) in [7, 11) is -0.669. The van der Waals surface area contributed by atoms with Gasteiger partial charge in [0.2, 0.25) is 8.32 Å². The molecule has 24 heavy (non-hydrogen) atoms. The van der Waals surface area contributed by atoms with Crippen LogP contribution in [0.25, 0.3) is 0 Å². The van der Waals surface area contributed by atoms with Crippen molar-refractivity contribution in [2.45, 2.75) is 51.8 Å². The Morgan fingerprint density at radius 1 is 0.958 bits per heavy atom. The molecular weight excluding hydrogens is 340 g/mol. The summed E-state index contributed by atoms with van der Waals surface area (Å²) in [4.78, 5) is 12.6. The molecule has 0 heterocycles. The highest BCUT2D eigenvalue weighted by Gasteiger charge is 2.31. The van der Waals surface area contributed by atoms with Crippen LogP contribution in [0.3, 0.4) is 0 Å². The van der Waals surface area contributed by atoms with Crippen LogP contribution in [0, 0.1) is 0 Å². The Balaban J connectivity index is 3.02. The Bertz CT molecular complexity index is 561. The van der Waals surface area contributed by atoms with E-state index in [1.165, 1.54) is 0 Å². The maximum atomic E-state index is 12.6. The van der Waals surface area contributed by atoms with E-state index in [2.05, 4.69) is 19.6 Å². The molecule has 1 aromatic carbocycles. The van der Waals surface area contributed by atoms with Crippen LogP contribution in [0.5, 0.6) is 11.5 Å². The molecule has 0 spiro atoms. The fourth-order valence-corrected chi connectivity index (χ4v) is 3.96. The van der Waals surface area contributed by atoms with Gasteiger partial charge in [-0.3, -0.25) is 4.79 Å². The van der Waals surface area contributed by atoms with Gasteiger partial charge < -0.3 is 18.3 Å². The highest BCUT2D eigenvalue weighted by Crippen LogP contribution is 2.28. The van der Waals surface area contributed by atoms with Gasteiger partial charge in [0, 0.05) is 6.42 Å². The molecule has 1 atom stereocenters. The predicted molar refractivity (Wildman–Crippen MR) is 101 cm³/mol. The molecule has 1 aromatic rings. The number of benzene rings is 1. The average Bonchev–Trinajstić information content (AvgIpc) is 2.43. The van der Waals surface area contributed by atoms with Crippen molar-refractivity contribution in [3.05, 3.63) is 23.8 Å². The van der Waals surface area contributed by atoms with E-state index in [-0.39, 0.29) is 5.97 Å². The van der Waals surface area contributed by atoms with E-state index in [1.54, 1.807) is 14.2 Å². The molecule has 7 heteroatoms. The highest BCUT2D eigenvalue weighted by molar-refractivity contribution is 6.71. The topological polar surface area (TPSA) is 54.0 Å². The van der Waals surface area contributed by atoms with Crippen molar-refractivity contribution in [1.29, 1.82) is 0 Å². The first-order valence-corrected chi connectivity index (χ1v) is 14.9. The molecule has 0 bridgehead atoms. The Morgan fingerprint density at radius 3 is 2.00 bits per heavy atom. The first kappa shape index (κ1) is 20.7. The number of carbonyl (C=O) groups is 1. The van der Waals surface area contributed by atoms with Crippen LogP contribution in [-0.4, -0.2) is 42.9 Å². The summed E-state index contributed by atoms with van der Waals surface area (Å²) >= 11 is 0. The lowest BCUT2D eigenvalue weighted by atomic mass is 10.1. The van der Waals surface area contributed by atoms with Crippen LogP contribution in [0.15, 0.2) is 18.2 Å². The Kier molecular flexibility index (Phi) is 7.06. The van der Waals surface area contributed by atoms with Gasteiger partial charge in [0.1, 0.15) is 6.10 Å². The minimum absolute atomic E-state index is 0.272. The summed E-state index contributed by atoms with van der Waals surface area (Å²) in [5.74, 6) is 1.03. The molecular formula is C17H30O5Si2. The smallest absolute Gasteiger partial charge is 0.321 e. The molecule has 0 fully saturated rings. The predicted octanol–water partition coefficient (Wildman–Crippen LogP) is 3.84. The zero-order valence-electron chi connectivity index (χ0n) is 16.1. The van der Waals surface area contributed by atoms with Gasteiger partial charge in [-0.2, -0.15) is 0 Å². The second kappa shape index (κ2) is 8.18. The van der Waals surface area contributed by atoms with Crippen LogP contribution < -0.4 is 9.47 Å². The number of ether oxygens (including phenoxy) is 2. The van der Waals surface area contributed by atoms with E-state index in [4.69, 9.17) is 18.3 Å². The SMILES string of the molecule is COc1ccc(CC(O[Si](C)(C)C)C(=O)O[Si](C)(C)C)cc1OC. The molecule has 0 radical (unpaired) electrons. The maximum Gasteiger partial charge on any atom is 0.321 e.